The molecule has 1 aliphatic rings. The summed E-state index contributed by atoms with van der Waals surface area (Å²) in [5, 5.41) is 6.02. The minimum Gasteiger partial charge on any atom is -0.368 e. The van der Waals surface area contributed by atoms with Crippen molar-refractivity contribution in [1.82, 2.24) is 10.2 Å². The van der Waals surface area contributed by atoms with Gasteiger partial charge in [0.25, 0.3) is 5.91 Å². The fraction of sp³-hybridized carbons (Fsp3) is 0.348. The van der Waals surface area contributed by atoms with Crippen molar-refractivity contribution in [2.45, 2.75) is 26.7 Å². The summed E-state index contributed by atoms with van der Waals surface area (Å²) >= 11 is 5.18. The first-order valence-corrected chi connectivity index (χ1v) is 10.7. The Morgan fingerprint density at radius 3 is 2.20 bits per heavy atom. The van der Waals surface area contributed by atoms with Crippen LogP contribution in [0.15, 0.2) is 48.5 Å². The number of carbonyl (C=O) groups is 2. The molecule has 0 unspecified atom stereocenters. The lowest BCUT2D eigenvalue weighted by Gasteiger charge is -2.36. The van der Waals surface area contributed by atoms with E-state index in [1.807, 2.05) is 67.3 Å². The molecule has 30 heavy (non-hydrogen) atoms. The maximum absolute atomic E-state index is 12.7. The van der Waals surface area contributed by atoms with E-state index >= 15 is 0 Å². The molecule has 2 aromatic rings. The van der Waals surface area contributed by atoms with Crippen LogP contribution in [0.5, 0.6) is 0 Å². The summed E-state index contributed by atoms with van der Waals surface area (Å²) in [7, 11) is 0. The first kappa shape index (κ1) is 21.8. The fourth-order valence-corrected chi connectivity index (χ4v) is 3.61. The van der Waals surface area contributed by atoms with Gasteiger partial charge in [0.15, 0.2) is 5.11 Å². The van der Waals surface area contributed by atoms with E-state index < -0.39 is 0 Å². The molecule has 2 N–H and O–H groups in total. The van der Waals surface area contributed by atoms with E-state index in [1.54, 1.807) is 0 Å². The van der Waals surface area contributed by atoms with Crippen LogP contribution in [0.2, 0.25) is 0 Å². The van der Waals surface area contributed by atoms with Crippen LogP contribution < -0.4 is 15.5 Å². The number of nitrogens with one attached hydrogen (secondary N) is 2. The molecule has 1 heterocycles. The number of benzene rings is 2. The number of aryl methyl sites for hydroxylation is 1. The molecule has 1 fully saturated rings. The molecule has 6 nitrogen and oxygen atoms in total. The first-order chi connectivity index (χ1) is 14.5. The quantitative estimate of drug-likeness (QED) is 0.719. The lowest BCUT2D eigenvalue weighted by atomic mass is 10.1. The van der Waals surface area contributed by atoms with E-state index in [2.05, 4.69) is 15.5 Å². The number of piperazine rings is 1. The van der Waals surface area contributed by atoms with Gasteiger partial charge in [-0.15, -0.1) is 0 Å². The molecule has 1 aliphatic heterocycles. The Bertz CT molecular complexity index is 888. The standard InChI is InChI=1S/C23H28N4O2S/c1-3-4-21(28)25-23(30)24-19-9-11-20(12-10-19)26-13-15-27(16-14-26)22(29)18-7-5-17(2)6-8-18/h5-12H,3-4,13-16H2,1-2H3,(H2,24,25,28,30). The summed E-state index contributed by atoms with van der Waals surface area (Å²) in [5.74, 6) is 0.0116. The summed E-state index contributed by atoms with van der Waals surface area (Å²) in [6.45, 7) is 6.93. The van der Waals surface area contributed by atoms with Crippen LogP contribution in [0.25, 0.3) is 0 Å². The molecule has 0 saturated carbocycles. The highest BCUT2D eigenvalue weighted by molar-refractivity contribution is 7.80. The molecule has 1 saturated heterocycles. The molecule has 7 heteroatoms. The van der Waals surface area contributed by atoms with Gasteiger partial charge in [-0.05, 0) is 62.0 Å². The molecule has 0 spiro atoms. The van der Waals surface area contributed by atoms with Gasteiger partial charge in [-0.25, -0.2) is 0 Å². The van der Waals surface area contributed by atoms with Crippen LogP contribution in [0.4, 0.5) is 11.4 Å². The van der Waals surface area contributed by atoms with Gasteiger partial charge in [-0.3, -0.25) is 9.59 Å². The Kier molecular flexibility index (Phi) is 7.41. The summed E-state index contributed by atoms with van der Waals surface area (Å²) in [6, 6.07) is 15.7. The average molecular weight is 425 g/mol. The molecule has 0 bridgehead atoms. The zero-order chi connectivity index (χ0) is 21.5. The molecular weight excluding hydrogens is 396 g/mol. The van der Waals surface area contributed by atoms with Crippen molar-refractivity contribution in [2.24, 2.45) is 0 Å². The van der Waals surface area contributed by atoms with E-state index in [9.17, 15) is 9.59 Å². The molecule has 0 radical (unpaired) electrons. The van der Waals surface area contributed by atoms with Crippen molar-refractivity contribution in [1.29, 1.82) is 0 Å². The predicted molar refractivity (Wildman–Crippen MR) is 125 cm³/mol. The Hall–Kier alpha value is -2.93. The van der Waals surface area contributed by atoms with Gasteiger partial charge in [-0.2, -0.15) is 0 Å². The maximum Gasteiger partial charge on any atom is 0.253 e. The molecule has 0 aromatic heterocycles. The smallest absolute Gasteiger partial charge is 0.253 e. The van der Waals surface area contributed by atoms with Gasteiger partial charge >= 0.3 is 0 Å². The van der Waals surface area contributed by atoms with Crippen LogP contribution >= 0.6 is 12.2 Å². The van der Waals surface area contributed by atoms with E-state index in [4.69, 9.17) is 12.2 Å². The average Bonchev–Trinajstić information content (AvgIpc) is 2.74. The minimum atomic E-state index is -0.0790. The summed E-state index contributed by atoms with van der Waals surface area (Å²) < 4.78 is 0. The number of anilines is 2. The highest BCUT2D eigenvalue weighted by Gasteiger charge is 2.22. The number of hydrogen-bond donors (Lipinski definition) is 2. The second kappa shape index (κ2) is 10.2. The summed E-state index contributed by atoms with van der Waals surface area (Å²) in [5.41, 5.74) is 3.82. The number of thiocarbonyl (C=S) groups is 1. The van der Waals surface area contributed by atoms with Gasteiger partial charge in [-0.1, -0.05) is 24.6 Å². The second-order valence-electron chi connectivity index (χ2n) is 7.44. The van der Waals surface area contributed by atoms with Crippen molar-refractivity contribution < 1.29 is 9.59 Å². The molecule has 3 rings (SSSR count). The van der Waals surface area contributed by atoms with E-state index in [0.717, 1.165) is 42.0 Å². The molecule has 2 amide bonds. The zero-order valence-corrected chi connectivity index (χ0v) is 18.3. The van der Waals surface area contributed by atoms with Crippen LogP contribution in [-0.4, -0.2) is 48.0 Å². The van der Waals surface area contributed by atoms with Crippen molar-refractivity contribution in [3.8, 4) is 0 Å². The maximum atomic E-state index is 12.7. The van der Waals surface area contributed by atoms with Gasteiger partial charge in [0, 0.05) is 49.5 Å². The summed E-state index contributed by atoms with van der Waals surface area (Å²) in [6.07, 6.45) is 1.24. The third-order valence-corrected chi connectivity index (χ3v) is 5.29. The SMILES string of the molecule is CCCC(=O)NC(=S)Nc1ccc(N2CCN(C(=O)c3ccc(C)cc3)CC2)cc1. The lowest BCUT2D eigenvalue weighted by molar-refractivity contribution is -0.119. The number of hydrogen-bond acceptors (Lipinski definition) is 4. The van der Waals surface area contributed by atoms with E-state index in [-0.39, 0.29) is 11.8 Å². The molecular formula is C23H28N4O2S. The van der Waals surface area contributed by atoms with Crippen LogP contribution in [-0.2, 0) is 4.79 Å². The van der Waals surface area contributed by atoms with Crippen LogP contribution in [0.3, 0.4) is 0 Å². The van der Waals surface area contributed by atoms with Crippen molar-refractivity contribution in [3.63, 3.8) is 0 Å². The topological polar surface area (TPSA) is 64.7 Å². The van der Waals surface area contributed by atoms with Crippen molar-refractivity contribution in [2.75, 3.05) is 36.4 Å². The van der Waals surface area contributed by atoms with Gasteiger partial charge < -0.3 is 20.4 Å². The van der Waals surface area contributed by atoms with Gasteiger partial charge in [0.05, 0.1) is 0 Å². The number of amides is 2. The Morgan fingerprint density at radius 2 is 1.60 bits per heavy atom. The molecule has 0 atom stereocenters. The zero-order valence-electron chi connectivity index (χ0n) is 17.5. The Labute approximate surface area is 183 Å². The highest BCUT2D eigenvalue weighted by atomic mass is 32.1. The van der Waals surface area contributed by atoms with Gasteiger partial charge in [0.1, 0.15) is 0 Å². The Balaban J connectivity index is 1.51. The van der Waals surface area contributed by atoms with Crippen LogP contribution in [0, 0.1) is 6.92 Å². The normalized spacial score (nSPS) is 13.7. The number of rotatable bonds is 5. The third-order valence-electron chi connectivity index (χ3n) is 5.09. The van der Waals surface area contributed by atoms with Crippen LogP contribution in [0.1, 0.15) is 35.7 Å². The summed E-state index contributed by atoms with van der Waals surface area (Å²) in [4.78, 5) is 28.5. The van der Waals surface area contributed by atoms with E-state index in [1.165, 1.54) is 0 Å². The second-order valence-corrected chi connectivity index (χ2v) is 7.85. The number of carbonyl (C=O) groups excluding carboxylic acids is 2. The third kappa shape index (κ3) is 5.79. The fourth-order valence-electron chi connectivity index (χ4n) is 3.38. The highest BCUT2D eigenvalue weighted by Crippen LogP contribution is 2.20. The molecule has 2 aromatic carbocycles. The van der Waals surface area contributed by atoms with E-state index in [0.29, 0.717) is 24.6 Å². The largest absolute Gasteiger partial charge is 0.368 e. The predicted octanol–water partition coefficient (Wildman–Crippen LogP) is 3.57. The lowest BCUT2D eigenvalue weighted by Crippen LogP contribution is -2.48. The monoisotopic (exact) mass is 424 g/mol. The minimum absolute atomic E-state index is 0.0790. The molecule has 0 aliphatic carbocycles. The Morgan fingerprint density at radius 1 is 0.967 bits per heavy atom. The molecule has 158 valence electrons. The number of nitrogens with zero attached hydrogens (tertiary/aromatic N) is 2. The van der Waals surface area contributed by atoms with Gasteiger partial charge in [0.2, 0.25) is 5.91 Å². The van der Waals surface area contributed by atoms with Crippen molar-refractivity contribution in [3.05, 3.63) is 59.7 Å². The first-order valence-electron chi connectivity index (χ1n) is 10.3. The van der Waals surface area contributed by atoms with Crippen molar-refractivity contribution >= 4 is 40.5 Å².